The Balaban J connectivity index is 1.97. The van der Waals surface area contributed by atoms with Crippen LogP contribution < -0.4 is 5.32 Å². The van der Waals surface area contributed by atoms with Gasteiger partial charge >= 0.3 is 12.0 Å². The van der Waals surface area contributed by atoms with Crippen molar-refractivity contribution in [2.75, 3.05) is 19.5 Å². The third-order valence-corrected chi connectivity index (χ3v) is 5.17. The standard InChI is InChI=1S/C13H22N2O4S/c1-8(5-6-19-2)14-13(18)15-10(12(16)17)7-20-11(15)9-3-4-9/h8-11H,3-7H2,1-2H3,(H,14,18)(H,16,17). The van der Waals surface area contributed by atoms with Crippen LogP contribution in [0.1, 0.15) is 26.2 Å². The van der Waals surface area contributed by atoms with Gasteiger partial charge in [0, 0.05) is 25.5 Å². The third kappa shape index (κ3) is 3.58. The minimum atomic E-state index is -0.916. The molecule has 2 aliphatic rings. The third-order valence-electron chi connectivity index (χ3n) is 3.70. The predicted octanol–water partition coefficient (Wildman–Crippen LogP) is 1.36. The van der Waals surface area contributed by atoms with Gasteiger partial charge in [-0.1, -0.05) is 0 Å². The molecule has 0 spiro atoms. The zero-order chi connectivity index (χ0) is 14.7. The fourth-order valence-corrected chi connectivity index (χ4v) is 4.00. The summed E-state index contributed by atoms with van der Waals surface area (Å²) in [5.74, 6) is 0.0286. The molecule has 2 rings (SSSR count). The van der Waals surface area contributed by atoms with Crippen molar-refractivity contribution < 1.29 is 19.4 Å². The monoisotopic (exact) mass is 302 g/mol. The maximum absolute atomic E-state index is 12.4. The largest absolute Gasteiger partial charge is 0.480 e. The summed E-state index contributed by atoms with van der Waals surface area (Å²) in [5.41, 5.74) is 0. The Morgan fingerprint density at radius 3 is 2.75 bits per heavy atom. The number of carbonyl (C=O) groups excluding carboxylic acids is 1. The molecule has 1 saturated heterocycles. The van der Waals surface area contributed by atoms with E-state index in [1.165, 1.54) is 4.90 Å². The first kappa shape index (κ1) is 15.4. The van der Waals surface area contributed by atoms with E-state index < -0.39 is 12.0 Å². The summed E-state index contributed by atoms with van der Waals surface area (Å²) in [4.78, 5) is 25.2. The van der Waals surface area contributed by atoms with E-state index in [4.69, 9.17) is 4.74 Å². The minimum absolute atomic E-state index is 0.0192. The molecule has 2 fully saturated rings. The maximum Gasteiger partial charge on any atom is 0.327 e. The molecule has 1 aliphatic carbocycles. The lowest BCUT2D eigenvalue weighted by molar-refractivity contribution is -0.141. The van der Waals surface area contributed by atoms with Crippen LogP contribution in [0.2, 0.25) is 0 Å². The highest BCUT2D eigenvalue weighted by Gasteiger charge is 2.48. The Morgan fingerprint density at radius 1 is 1.50 bits per heavy atom. The highest BCUT2D eigenvalue weighted by atomic mass is 32.2. The van der Waals surface area contributed by atoms with Crippen LogP contribution in [-0.4, -0.2) is 58.9 Å². The molecule has 0 aromatic heterocycles. The topological polar surface area (TPSA) is 78.9 Å². The summed E-state index contributed by atoms with van der Waals surface area (Å²) in [7, 11) is 1.62. The second kappa shape index (κ2) is 6.67. The number of aliphatic carboxylic acids is 1. The van der Waals surface area contributed by atoms with Crippen LogP contribution in [0.25, 0.3) is 0 Å². The van der Waals surface area contributed by atoms with Crippen molar-refractivity contribution in [3.05, 3.63) is 0 Å². The van der Waals surface area contributed by atoms with Crippen molar-refractivity contribution in [2.45, 2.75) is 43.6 Å². The summed E-state index contributed by atoms with van der Waals surface area (Å²) >= 11 is 1.59. The summed E-state index contributed by atoms with van der Waals surface area (Å²) < 4.78 is 4.99. The Kier molecular flexibility index (Phi) is 5.15. The van der Waals surface area contributed by atoms with Crippen molar-refractivity contribution in [3.8, 4) is 0 Å². The molecule has 1 saturated carbocycles. The Hall–Kier alpha value is -0.950. The van der Waals surface area contributed by atoms with Crippen LogP contribution in [0, 0.1) is 5.92 Å². The van der Waals surface area contributed by atoms with Gasteiger partial charge in [-0.05, 0) is 32.1 Å². The number of carboxylic acid groups (broad SMARTS) is 1. The molecule has 0 bridgehead atoms. The molecule has 0 radical (unpaired) electrons. The number of rotatable bonds is 6. The molecule has 6 nitrogen and oxygen atoms in total. The molecule has 0 aromatic rings. The molecular weight excluding hydrogens is 280 g/mol. The van der Waals surface area contributed by atoms with Gasteiger partial charge < -0.3 is 15.2 Å². The van der Waals surface area contributed by atoms with E-state index in [0.717, 1.165) is 19.3 Å². The van der Waals surface area contributed by atoms with Gasteiger partial charge in [0.15, 0.2) is 0 Å². The van der Waals surface area contributed by atoms with E-state index in [2.05, 4.69) is 5.32 Å². The molecule has 2 N–H and O–H groups in total. The fourth-order valence-electron chi connectivity index (χ4n) is 2.37. The Morgan fingerprint density at radius 2 is 2.20 bits per heavy atom. The highest BCUT2D eigenvalue weighted by Crippen LogP contribution is 2.45. The molecule has 1 heterocycles. The van der Waals surface area contributed by atoms with Crippen LogP contribution >= 0.6 is 11.8 Å². The van der Waals surface area contributed by atoms with Gasteiger partial charge in [-0.25, -0.2) is 9.59 Å². The van der Waals surface area contributed by atoms with Gasteiger partial charge in [0.05, 0.1) is 5.37 Å². The number of methoxy groups -OCH3 is 1. The van der Waals surface area contributed by atoms with Crippen molar-refractivity contribution in [2.24, 2.45) is 5.92 Å². The SMILES string of the molecule is COCCC(C)NC(=O)N1C(C(=O)O)CSC1C1CC1. The van der Waals surface area contributed by atoms with Gasteiger partial charge in [-0.2, -0.15) is 0 Å². The number of amides is 2. The number of carbonyl (C=O) groups is 2. The van der Waals surface area contributed by atoms with Crippen LogP contribution in [-0.2, 0) is 9.53 Å². The van der Waals surface area contributed by atoms with Gasteiger partial charge in [0.1, 0.15) is 6.04 Å². The average Bonchev–Trinajstić information content (AvgIpc) is 3.14. The van der Waals surface area contributed by atoms with E-state index in [0.29, 0.717) is 18.3 Å². The molecule has 1 aliphatic heterocycles. The first-order valence-corrected chi connectivity index (χ1v) is 8.01. The molecule has 3 unspecified atom stereocenters. The second-order valence-electron chi connectivity index (χ2n) is 5.45. The van der Waals surface area contributed by atoms with Gasteiger partial charge in [0.25, 0.3) is 0 Å². The average molecular weight is 302 g/mol. The van der Waals surface area contributed by atoms with Gasteiger partial charge in [0.2, 0.25) is 0 Å². The minimum Gasteiger partial charge on any atom is -0.480 e. The highest BCUT2D eigenvalue weighted by molar-refractivity contribution is 8.00. The van der Waals surface area contributed by atoms with E-state index in [-0.39, 0.29) is 17.4 Å². The van der Waals surface area contributed by atoms with Crippen molar-refractivity contribution in [1.82, 2.24) is 10.2 Å². The number of hydrogen-bond acceptors (Lipinski definition) is 4. The summed E-state index contributed by atoms with van der Waals surface area (Å²) in [5, 5.41) is 12.2. The lowest BCUT2D eigenvalue weighted by atomic mass is 10.2. The molecule has 0 aromatic carbocycles. The fraction of sp³-hybridized carbons (Fsp3) is 0.846. The maximum atomic E-state index is 12.4. The van der Waals surface area contributed by atoms with Gasteiger partial charge in [-0.3, -0.25) is 4.90 Å². The van der Waals surface area contributed by atoms with Crippen molar-refractivity contribution in [1.29, 1.82) is 0 Å². The normalized spacial score (nSPS) is 27.4. The molecule has 2 amide bonds. The van der Waals surface area contributed by atoms with E-state index >= 15 is 0 Å². The zero-order valence-corrected chi connectivity index (χ0v) is 12.7. The number of thioether (sulfide) groups is 1. The summed E-state index contributed by atoms with van der Waals surface area (Å²) in [6, 6.07) is -0.995. The lowest BCUT2D eigenvalue weighted by Crippen LogP contribution is -2.52. The zero-order valence-electron chi connectivity index (χ0n) is 11.9. The summed E-state index contributed by atoms with van der Waals surface area (Å²) in [6.45, 7) is 2.48. The van der Waals surface area contributed by atoms with Crippen molar-refractivity contribution in [3.63, 3.8) is 0 Å². The quantitative estimate of drug-likeness (QED) is 0.774. The number of nitrogens with zero attached hydrogens (tertiary/aromatic N) is 1. The molecule has 3 atom stereocenters. The number of urea groups is 1. The lowest BCUT2D eigenvalue weighted by Gasteiger charge is -2.29. The summed E-state index contributed by atoms with van der Waals surface area (Å²) in [6.07, 6.45) is 2.90. The number of ether oxygens (including phenoxy) is 1. The van der Waals surface area contributed by atoms with E-state index in [9.17, 15) is 14.7 Å². The number of hydrogen-bond donors (Lipinski definition) is 2. The predicted molar refractivity (Wildman–Crippen MR) is 76.7 cm³/mol. The first-order valence-electron chi connectivity index (χ1n) is 6.96. The van der Waals surface area contributed by atoms with Crippen LogP contribution in [0.4, 0.5) is 4.79 Å². The van der Waals surface area contributed by atoms with E-state index in [1.807, 2.05) is 6.92 Å². The van der Waals surface area contributed by atoms with Gasteiger partial charge in [-0.15, -0.1) is 11.8 Å². The number of carboxylic acids is 1. The smallest absolute Gasteiger partial charge is 0.327 e. The van der Waals surface area contributed by atoms with Crippen molar-refractivity contribution >= 4 is 23.8 Å². The molecular formula is C13H22N2O4S. The molecule has 114 valence electrons. The van der Waals surface area contributed by atoms with E-state index in [1.54, 1.807) is 18.9 Å². The second-order valence-corrected chi connectivity index (χ2v) is 6.60. The number of nitrogens with one attached hydrogen (secondary N) is 1. The Labute approximate surface area is 123 Å². The first-order chi connectivity index (χ1) is 9.54. The van der Waals surface area contributed by atoms with Crippen LogP contribution in [0.15, 0.2) is 0 Å². The Bertz CT molecular complexity index is 375. The molecule has 20 heavy (non-hydrogen) atoms. The van der Waals surface area contributed by atoms with Crippen LogP contribution in [0.3, 0.4) is 0 Å². The molecule has 7 heteroatoms. The van der Waals surface area contributed by atoms with Crippen LogP contribution in [0.5, 0.6) is 0 Å².